The third-order valence-electron chi connectivity index (χ3n) is 5.05. The van der Waals surface area contributed by atoms with Crippen LogP contribution >= 0.6 is 0 Å². The van der Waals surface area contributed by atoms with Gasteiger partial charge in [-0.25, -0.2) is 4.98 Å². The van der Waals surface area contributed by atoms with Crippen molar-refractivity contribution in [2.24, 2.45) is 7.05 Å². The van der Waals surface area contributed by atoms with E-state index in [1.54, 1.807) is 62.2 Å². The number of pyridine rings is 1. The van der Waals surface area contributed by atoms with E-state index in [9.17, 15) is 14.7 Å². The van der Waals surface area contributed by atoms with Crippen LogP contribution in [-0.4, -0.2) is 50.1 Å². The molecule has 0 aliphatic heterocycles. The van der Waals surface area contributed by atoms with Crippen LogP contribution in [0.4, 0.5) is 0 Å². The van der Waals surface area contributed by atoms with Crippen molar-refractivity contribution >= 4 is 27.7 Å². The molecule has 2 aromatic heterocycles. The number of hydrogen-bond acceptors (Lipinski definition) is 5. The van der Waals surface area contributed by atoms with Gasteiger partial charge in [0.15, 0.2) is 0 Å². The number of amides is 1. The molecule has 0 aliphatic rings. The fourth-order valence-corrected chi connectivity index (χ4v) is 3.49. The maximum Gasteiger partial charge on any atom is 0.258 e. The summed E-state index contributed by atoms with van der Waals surface area (Å²) in [5.41, 5.74) is 3.23. The fraction of sp³-hybridized carbons (Fsp3) is 0.217. The molecule has 0 aliphatic carbocycles. The highest BCUT2D eigenvalue weighted by Crippen LogP contribution is 2.23. The van der Waals surface area contributed by atoms with Crippen molar-refractivity contribution in [1.82, 2.24) is 19.4 Å². The van der Waals surface area contributed by atoms with Crippen LogP contribution in [0.25, 0.3) is 33.1 Å². The van der Waals surface area contributed by atoms with Gasteiger partial charge in [0, 0.05) is 43.4 Å². The number of carbonyl (C=O) groups excluding carboxylic acids is 1. The molecule has 1 atom stereocenters. The Kier molecular flexibility index (Phi) is 5.05. The normalized spacial score (nSPS) is 12.3. The van der Waals surface area contributed by atoms with Crippen LogP contribution in [0.15, 0.2) is 59.7 Å². The van der Waals surface area contributed by atoms with Gasteiger partial charge in [-0.3, -0.25) is 14.6 Å². The van der Waals surface area contributed by atoms with Crippen LogP contribution in [0.3, 0.4) is 0 Å². The smallest absolute Gasteiger partial charge is 0.258 e. The van der Waals surface area contributed by atoms with Crippen LogP contribution in [0.2, 0.25) is 0 Å². The second kappa shape index (κ2) is 7.68. The number of aromatic nitrogens is 3. The predicted octanol–water partition coefficient (Wildman–Crippen LogP) is 2.60. The minimum Gasteiger partial charge on any atom is -0.392 e. The maximum atomic E-state index is 12.6. The van der Waals surface area contributed by atoms with E-state index in [4.69, 9.17) is 0 Å². The molecule has 4 aromatic rings. The number of aryl methyl sites for hydroxylation is 1. The van der Waals surface area contributed by atoms with Crippen molar-refractivity contribution in [1.29, 1.82) is 0 Å². The van der Waals surface area contributed by atoms with Crippen molar-refractivity contribution in [3.05, 3.63) is 70.8 Å². The molecule has 0 radical (unpaired) electrons. The third kappa shape index (κ3) is 3.67. The van der Waals surface area contributed by atoms with Crippen molar-refractivity contribution in [2.75, 3.05) is 13.6 Å². The van der Waals surface area contributed by atoms with E-state index in [2.05, 4.69) is 9.97 Å². The first-order chi connectivity index (χ1) is 14.3. The molecule has 0 bridgehead atoms. The van der Waals surface area contributed by atoms with E-state index in [-0.39, 0.29) is 18.0 Å². The summed E-state index contributed by atoms with van der Waals surface area (Å²) in [6, 6.07) is 12.6. The van der Waals surface area contributed by atoms with Gasteiger partial charge in [-0.05, 0) is 48.7 Å². The number of nitrogens with zero attached hydrogens (tertiary/aromatic N) is 4. The first kappa shape index (κ1) is 19.7. The molecular weight excluding hydrogens is 380 g/mol. The largest absolute Gasteiger partial charge is 0.392 e. The van der Waals surface area contributed by atoms with E-state index in [0.29, 0.717) is 27.7 Å². The molecule has 2 heterocycles. The van der Waals surface area contributed by atoms with Crippen LogP contribution < -0.4 is 5.56 Å². The van der Waals surface area contributed by atoms with Gasteiger partial charge in [0.2, 0.25) is 0 Å². The fourth-order valence-electron chi connectivity index (χ4n) is 3.49. The molecular formula is C23H22N4O3. The Labute approximate surface area is 173 Å². The van der Waals surface area contributed by atoms with Crippen LogP contribution in [0.1, 0.15) is 17.3 Å². The molecule has 0 saturated heterocycles. The lowest BCUT2D eigenvalue weighted by Gasteiger charge is -2.18. The summed E-state index contributed by atoms with van der Waals surface area (Å²) in [7, 11) is 3.38. The summed E-state index contributed by atoms with van der Waals surface area (Å²) < 4.78 is 1.55. The average molecular weight is 402 g/mol. The zero-order valence-electron chi connectivity index (χ0n) is 17.0. The topological polar surface area (TPSA) is 88.3 Å². The quantitative estimate of drug-likeness (QED) is 0.567. The van der Waals surface area contributed by atoms with Crippen LogP contribution in [-0.2, 0) is 7.05 Å². The summed E-state index contributed by atoms with van der Waals surface area (Å²) in [6.07, 6.45) is 2.82. The van der Waals surface area contributed by atoms with Gasteiger partial charge >= 0.3 is 0 Å². The number of carbonyl (C=O) groups is 1. The molecule has 4 rings (SSSR count). The minimum absolute atomic E-state index is 0.0480. The van der Waals surface area contributed by atoms with E-state index in [1.165, 1.54) is 4.90 Å². The van der Waals surface area contributed by atoms with Crippen molar-refractivity contribution in [3.8, 4) is 11.3 Å². The minimum atomic E-state index is -0.601. The second-order valence-corrected chi connectivity index (χ2v) is 7.53. The monoisotopic (exact) mass is 402 g/mol. The molecule has 0 spiro atoms. The van der Waals surface area contributed by atoms with Crippen LogP contribution in [0.5, 0.6) is 0 Å². The molecule has 7 nitrogen and oxygen atoms in total. The number of fused-ring (bicyclic) bond motifs is 2. The number of aliphatic hydroxyl groups is 1. The van der Waals surface area contributed by atoms with Gasteiger partial charge in [-0.1, -0.05) is 6.07 Å². The Morgan fingerprint density at radius 3 is 2.73 bits per heavy atom. The molecule has 7 heteroatoms. The lowest BCUT2D eigenvalue weighted by Crippen LogP contribution is -2.33. The number of benzene rings is 2. The van der Waals surface area contributed by atoms with Gasteiger partial charge in [-0.15, -0.1) is 0 Å². The summed E-state index contributed by atoms with van der Waals surface area (Å²) >= 11 is 0. The maximum absolute atomic E-state index is 12.6. The van der Waals surface area contributed by atoms with E-state index >= 15 is 0 Å². The highest BCUT2D eigenvalue weighted by molar-refractivity contribution is 5.97. The van der Waals surface area contributed by atoms with Gasteiger partial charge < -0.3 is 14.6 Å². The number of likely N-dealkylation sites (N-methyl/N-ethyl adjacent to an activating group) is 1. The van der Waals surface area contributed by atoms with Gasteiger partial charge in [0.05, 0.1) is 29.0 Å². The van der Waals surface area contributed by atoms with E-state index < -0.39 is 6.10 Å². The van der Waals surface area contributed by atoms with Crippen molar-refractivity contribution < 1.29 is 9.90 Å². The summed E-state index contributed by atoms with van der Waals surface area (Å²) in [4.78, 5) is 35.5. The molecule has 30 heavy (non-hydrogen) atoms. The molecule has 0 saturated carbocycles. The molecule has 152 valence electrons. The standard InChI is InChI=1S/C23H22N4O3/c1-14(28)13-27(3)22(29)17-5-7-19-20(11-17)25-21(12-24-19)16-4-6-18-15(10-16)8-9-26(2)23(18)30/h4-12,14,28H,13H2,1-3H3/t14-/m1/s1. The zero-order valence-corrected chi connectivity index (χ0v) is 17.0. The van der Waals surface area contributed by atoms with E-state index in [0.717, 1.165) is 10.9 Å². The Bertz CT molecular complexity index is 1330. The number of aliphatic hydroxyl groups excluding tert-OH is 1. The van der Waals surface area contributed by atoms with E-state index in [1.807, 2.05) is 18.2 Å². The van der Waals surface area contributed by atoms with Gasteiger partial charge in [0.1, 0.15) is 0 Å². The molecule has 0 unspecified atom stereocenters. The summed E-state index contributed by atoms with van der Waals surface area (Å²) in [5, 5.41) is 11.0. The third-order valence-corrected chi connectivity index (χ3v) is 5.05. The molecule has 0 fully saturated rings. The molecule has 1 amide bonds. The van der Waals surface area contributed by atoms with Gasteiger partial charge in [-0.2, -0.15) is 0 Å². The SMILES string of the molecule is C[C@@H](O)CN(C)C(=O)c1ccc2ncc(-c3ccc4c(=O)n(C)ccc4c3)nc2c1. The Morgan fingerprint density at radius 1 is 1.17 bits per heavy atom. The summed E-state index contributed by atoms with van der Waals surface area (Å²) in [6.45, 7) is 1.89. The van der Waals surface area contributed by atoms with Crippen molar-refractivity contribution in [2.45, 2.75) is 13.0 Å². The van der Waals surface area contributed by atoms with Crippen molar-refractivity contribution in [3.63, 3.8) is 0 Å². The highest BCUT2D eigenvalue weighted by Gasteiger charge is 2.15. The van der Waals surface area contributed by atoms with Crippen LogP contribution in [0, 0.1) is 0 Å². The lowest BCUT2D eigenvalue weighted by atomic mass is 10.1. The molecule has 2 aromatic carbocycles. The predicted molar refractivity (Wildman–Crippen MR) is 116 cm³/mol. The summed E-state index contributed by atoms with van der Waals surface area (Å²) in [5.74, 6) is -0.188. The molecule has 1 N–H and O–H groups in total. The Hall–Kier alpha value is -3.58. The highest BCUT2D eigenvalue weighted by atomic mass is 16.3. The number of hydrogen-bond donors (Lipinski definition) is 1. The Morgan fingerprint density at radius 2 is 1.97 bits per heavy atom. The zero-order chi connectivity index (χ0) is 21.4. The average Bonchev–Trinajstić information content (AvgIpc) is 2.74. The van der Waals surface area contributed by atoms with Gasteiger partial charge in [0.25, 0.3) is 11.5 Å². The lowest BCUT2D eigenvalue weighted by molar-refractivity contribution is 0.0704. The number of rotatable bonds is 4. The first-order valence-electron chi connectivity index (χ1n) is 9.63. The second-order valence-electron chi connectivity index (χ2n) is 7.53. The Balaban J connectivity index is 1.74. The first-order valence-corrected chi connectivity index (χ1v) is 9.63.